The maximum absolute atomic E-state index is 12.3. The lowest BCUT2D eigenvalue weighted by Crippen LogP contribution is -2.58. The first kappa shape index (κ1) is 23.3. The highest BCUT2D eigenvalue weighted by molar-refractivity contribution is 5.95. The monoisotopic (exact) mass is 404 g/mol. The van der Waals surface area contributed by atoms with Crippen molar-refractivity contribution in [2.45, 2.75) is 43.4 Å². The zero-order chi connectivity index (χ0) is 21.3. The van der Waals surface area contributed by atoms with E-state index < -0.39 is 73.5 Å². The molecule has 0 radical (unpaired) electrons. The predicted molar refractivity (Wildman–Crippen MR) is 90.9 cm³/mol. The van der Waals surface area contributed by atoms with E-state index in [1.807, 2.05) is 5.32 Å². The molecule has 1 saturated heterocycles. The van der Waals surface area contributed by atoms with Crippen molar-refractivity contribution in [1.29, 1.82) is 0 Å². The van der Waals surface area contributed by atoms with E-state index in [2.05, 4.69) is 16.0 Å². The summed E-state index contributed by atoms with van der Waals surface area (Å²) in [5.41, 5.74) is 0. The van der Waals surface area contributed by atoms with Gasteiger partial charge in [0.1, 0.15) is 18.1 Å². The summed E-state index contributed by atoms with van der Waals surface area (Å²) < 4.78 is 0. The Kier molecular flexibility index (Phi) is 9.27. The van der Waals surface area contributed by atoms with Crippen molar-refractivity contribution in [1.82, 2.24) is 21.3 Å². The summed E-state index contributed by atoms with van der Waals surface area (Å²) in [6, 6.07) is -5.34. The van der Waals surface area contributed by atoms with Crippen LogP contribution in [0.4, 0.5) is 0 Å². The van der Waals surface area contributed by atoms with E-state index in [-0.39, 0.29) is 0 Å². The van der Waals surface area contributed by atoms with Crippen LogP contribution in [0.2, 0.25) is 0 Å². The Hall–Kier alpha value is -2.77. The molecule has 13 nitrogen and oxygen atoms in total. The summed E-state index contributed by atoms with van der Waals surface area (Å²) in [7, 11) is 0. The molecular formula is C15H24N4O9. The van der Waals surface area contributed by atoms with Crippen molar-refractivity contribution in [3.8, 4) is 0 Å². The van der Waals surface area contributed by atoms with E-state index in [1.54, 1.807) is 0 Å². The molecule has 8 N–H and O–H groups in total. The number of carbonyl (C=O) groups excluding carboxylic acids is 3. The molecule has 1 aliphatic rings. The number of aliphatic hydroxyl groups is 2. The number of rotatable bonds is 11. The van der Waals surface area contributed by atoms with Gasteiger partial charge in [-0.3, -0.25) is 19.2 Å². The van der Waals surface area contributed by atoms with Crippen molar-refractivity contribution in [2.75, 3.05) is 19.8 Å². The lowest BCUT2D eigenvalue weighted by molar-refractivity contribution is -0.144. The van der Waals surface area contributed by atoms with Gasteiger partial charge in [-0.2, -0.15) is 0 Å². The molecule has 0 bridgehead atoms. The first-order valence-electron chi connectivity index (χ1n) is 8.50. The molecule has 0 spiro atoms. The number of hydrogen-bond acceptors (Lipinski definition) is 8. The second-order valence-corrected chi connectivity index (χ2v) is 6.13. The van der Waals surface area contributed by atoms with E-state index >= 15 is 0 Å². The van der Waals surface area contributed by atoms with Gasteiger partial charge < -0.3 is 41.7 Å². The smallest absolute Gasteiger partial charge is 0.328 e. The topological polar surface area (TPSA) is 214 Å². The van der Waals surface area contributed by atoms with Crippen molar-refractivity contribution in [3.05, 3.63) is 0 Å². The standard InChI is InChI=1S/C15H24N4O9/c20-5-9(18-12(24)7-2-1-3-16-7)14(26)17-8(4-11(22)23)13(25)19-10(6-21)15(27)28/h7-10,16,20-21H,1-6H2,(H,17,26)(H,18,24)(H,19,25)(H,22,23)(H,27,28). The zero-order valence-corrected chi connectivity index (χ0v) is 14.9. The van der Waals surface area contributed by atoms with Crippen molar-refractivity contribution in [3.63, 3.8) is 0 Å². The first-order chi connectivity index (χ1) is 13.2. The summed E-state index contributed by atoms with van der Waals surface area (Å²) in [4.78, 5) is 58.2. The fourth-order valence-electron chi connectivity index (χ4n) is 2.49. The van der Waals surface area contributed by atoms with Crippen LogP contribution < -0.4 is 21.3 Å². The van der Waals surface area contributed by atoms with Crippen LogP contribution in [0.1, 0.15) is 19.3 Å². The van der Waals surface area contributed by atoms with Crippen LogP contribution in [-0.4, -0.2) is 94.0 Å². The molecule has 1 aliphatic heterocycles. The Bertz CT molecular complexity index is 606. The van der Waals surface area contributed by atoms with Crippen LogP contribution in [0.15, 0.2) is 0 Å². The number of nitrogens with one attached hydrogen (secondary N) is 4. The van der Waals surface area contributed by atoms with Crippen LogP contribution in [0, 0.1) is 0 Å². The molecule has 13 heteroatoms. The van der Waals surface area contributed by atoms with E-state index in [0.717, 1.165) is 6.42 Å². The third kappa shape index (κ3) is 7.09. The highest BCUT2D eigenvalue weighted by atomic mass is 16.4. The SMILES string of the molecule is O=C(O)CC(NC(=O)C(CO)NC(=O)C1CCCN1)C(=O)NC(CO)C(=O)O. The number of carboxylic acid groups (broad SMARTS) is 2. The average Bonchev–Trinajstić information content (AvgIpc) is 3.17. The first-order valence-corrected chi connectivity index (χ1v) is 8.50. The minimum Gasteiger partial charge on any atom is -0.481 e. The van der Waals surface area contributed by atoms with E-state index in [9.17, 15) is 29.1 Å². The Balaban J connectivity index is 2.77. The average molecular weight is 404 g/mol. The molecule has 0 aromatic heterocycles. The molecule has 4 unspecified atom stereocenters. The Morgan fingerprint density at radius 2 is 1.46 bits per heavy atom. The summed E-state index contributed by atoms with van der Waals surface area (Å²) in [6.45, 7) is -1.12. The second-order valence-electron chi connectivity index (χ2n) is 6.13. The van der Waals surface area contributed by atoms with Gasteiger partial charge in [-0.05, 0) is 19.4 Å². The Morgan fingerprint density at radius 3 is 1.93 bits per heavy atom. The minimum absolute atomic E-state index is 0.527. The molecule has 4 atom stereocenters. The number of hydrogen-bond donors (Lipinski definition) is 8. The van der Waals surface area contributed by atoms with Gasteiger partial charge in [0.15, 0.2) is 0 Å². The molecule has 0 aliphatic carbocycles. The van der Waals surface area contributed by atoms with Gasteiger partial charge in [0.05, 0.1) is 25.7 Å². The molecule has 1 rings (SSSR count). The summed E-state index contributed by atoms with van der Waals surface area (Å²) in [6.07, 6.45) is 0.434. The van der Waals surface area contributed by atoms with Gasteiger partial charge in [-0.25, -0.2) is 4.79 Å². The van der Waals surface area contributed by atoms with Gasteiger partial charge in [-0.1, -0.05) is 0 Å². The lowest BCUT2D eigenvalue weighted by atomic mass is 10.1. The molecular weight excluding hydrogens is 380 g/mol. The van der Waals surface area contributed by atoms with Gasteiger partial charge in [0.2, 0.25) is 17.7 Å². The Labute approximate surface area is 159 Å². The molecule has 0 aromatic rings. The fraction of sp³-hybridized carbons (Fsp3) is 0.667. The maximum Gasteiger partial charge on any atom is 0.328 e. The number of aliphatic hydroxyl groups excluding tert-OH is 2. The van der Waals surface area contributed by atoms with E-state index in [0.29, 0.717) is 13.0 Å². The second kappa shape index (κ2) is 11.2. The zero-order valence-electron chi connectivity index (χ0n) is 14.9. The van der Waals surface area contributed by atoms with Crippen LogP contribution in [0.5, 0.6) is 0 Å². The molecule has 3 amide bonds. The number of aliphatic carboxylic acids is 2. The summed E-state index contributed by atoms with van der Waals surface area (Å²) in [5.74, 6) is -5.72. The predicted octanol–water partition coefficient (Wildman–Crippen LogP) is -4.26. The summed E-state index contributed by atoms with van der Waals surface area (Å²) >= 11 is 0. The van der Waals surface area contributed by atoms with Crippen LogP contribution >= 0.6 is 0 Å². The third-order valence-electron chi connectivity index (χ3n) is 4.00. The van der Waals surface area contributed by atoms with Crippen molar-refractivity contribution >= 4 is 29.7 Å². The van der Waals surface area contributed by atoms with Gasteiger partial charge in [-0.15, -0.1) is 0 Å². The number of carbonyl (C=O) groups is 5. The third-order valence-corrected chi connectivity index (χ3v) is 4.00. The molecule has 1 heterocycles. The van der Waals surface area contributed by atoms with E-state index in [1.165, 1.54) is 0 Å². The number of amides is 3. The largest absolute Gasteiger partial charge is 0.481 e. The van der Waals surface area contributed by atoms with Crippen molar-refractivity contribution in [2.24, 2.45) is 0 Å². The van der Waals surface area contributed by atoms with Crippen LogP contribution in [0.3, 0.4) is 0 Å². The fourth-order valence-corrected chi connectivity index (χ4v) is 2.49. The van der Waals surface area contributed by atoms with Crippen LogP contribution in [-0.2, 0) is 24.0 Å². The molecule has 158 valence electrons. The molecule has 1 fully saturated rings. The van der Waals surface area contributed by atoms with Gasteiger partial charge in [0.25, 0.3) is 0 Å². The summed E-state index contributed by atoms with van der Waals surface area (Å²) in [5, 5.41) is 45.2. The Morgan fingerprint density at radius 1 is 0.893 bits per heavy atom. The van der Waals surface area contributed by atoms with Gasteiger partial charge in [0, 0.05) is 0 Å². The van der Waals surface area contributed by atoms with Gasteiger partial charge >= 0.3 is 11.9 Å². The highest BCUT2D eigenvalue weighted by Crippen LogP contribution is 2.05. The molecule has 0 saturated carbocycles. The number of carboxylic acids is 2. The molecule has 0 aromatic carbocycles. The lowest BCUT2D eigenvalue weighted by Gasteiger charge is -2.23. The normalized spacial score (nSPS) is 19.1. The minimum atomic E-state index is -1.69. The highest BCUT2D eigenvalue weighted by Gasteiger charge is 2.32. The van der Waals surface area contributed by atoms with E-state index in [4.69, 9.17) is 15.3 Å². The maximum atomic E-state index is 12.3. The molecule has 28 heavy (non-hydrogen) atoms. The van der Waals surface area contributed by atoms with Crippen molar-refractivity contribution < 1.29 is 44.4 Å². The quantitative estimate of drug-likeness (QED) is 0.166. The van der Waals surface area contributed by atoms with Crippen LogP contribution in [0.25, 0.3) is 0 Å².